The van der Waals surface area contributed by atoms with Crippen LogP contribution in [0.5, 0.6) is 0 Å². The van der Waals surface area contributed by atoms with E-state index in [9.17, 15) is 4.79 Å². The molecule has 0 aliphatic carbocycles. The van der Waals surface area contributed by atoms with Gasteiger partial charge in [-0.15, -0.1) is 12.4 Å². The zero-order chi connectivity index (χ0) is 12.8. The van der Waals surface area contributed by atoms with Gasteiger partial charge in [0.05, 0.1) is 11.4 Å². The van der Waals surface area contributed by atoms with Crippen LogP contribution in [0.1, 0.15) is 18.4 Å². The first-order valence-electron chi connectivity index (χ1n) is 5.39. The van der Waals surface area contributed by atoms with Gasteiger partial charge in [0, 0.05) is 24.6 Å². The number of rotatable bonds is 5. The van der Waals surface area contributed by atoms with Crippen LogP contribution in [0.3, 0.4) is 0 Å². The number of hydrogen-bond acceptors (Lipinski definition) is 3. The van der Waals surface area contributed by atoms with Crippen molar-refractivity contribution >= 4 is 45.6 Å². The molecule has 3 N–H and O–H groups in total. The SMILES string of the molecule is COCCCC(=O)Nc1cc(Br)cc(C)c1N.Cl. The Balaban J connectivity index is 0.00000289. The minimum atomic E-state index is -0.0498. The maximum Gasteiger partial charge on any atom is 0.224 e. The van der Waals surface area contributed by atoms with E-state index in [1.807, 2.05) is 13.0 Å². The Bertz CT molecular complexity index is 413. The van der Waals surface area contributed by atoms with Gasteiger partial charge in [0.25, 0.3) is 0 Å². The van der Waals surface area contributed by atoms with Gasteiger partial charge in [-0.3, -0.25) is 4.79 Å². The molecule has 0 bridgehead atoms. The van der Waals surface area contributed by atoms with Gasteiger partial charge in [-0.2, -0.15) is 0 Å². The molecule has 102 valence electrons. The standard InChI is InChI=1S/C12H17BrN2O2.ClH/c1-8-6-9(13)7-10(12(8)14)15-11(16)4-3-5-17-2;/h6-7H,3-5,14H2,1-2H3,(H,15,16);1H. The molecule has 0 aliphatic heterocycles. The molecule has 18 heavy (non-hydrogen) atoms. The predicted molar refractivity (Wildman–Crippen MR) is 80.3 cm³/mol. The molecule has 0 aliphatic rings. The summed E-state index contributed by atoms with van der Waals surface area (Å²) < 4.78 is 5.79. The molecule has 0 fully saturated rings. The first-order valence-corrected chi connectivity index (χ1v) is 6.18. The van der Waals surface area contributed by atoms with Crippen molar-refractivity contribution in [3.8, 4) is 0 Å². The van der Waals surface area contributed by atoms with Crippen molar-refractivity contribution in [1.29, 1.82) is 0 Å². The summed E-state index contributed by atoms with van der Waals surface area (Å²) in [7, 11) is 1.62. The van der Waals surface area contributed by atoms with E-state index in [4.69, 9.17) is 10.5 Å². The zero-order valence-electron chi connectivity index (χ0n) is 10.5. The first kappa shape index (κ1) is 17.2. The maximum atomic E-state index is 11.6. The number of halogens is 2. The lowest BCUT2D eigenvalue weighted by Crippen LogP contribution is -2.13. The fourth-order valence-corrected chi connectivity index (χ4v) is 2.02. The number of ether oxygens (including phenoxy) is 1. The van der Waals surface area contributed by atoms with Gasteiger partial charge in [-0.1, -0.05) is 15.9 Å². The highest BCUT2D eigenvalue weighted by Gasteiger charge is 2.08. The van der Waals surface area contributed by atoms with Crippen LogP contribution in [0, 0.1) is 6.92 Å². The highest BCUT2D eigenvalue weighted by molar-refractivity contribution is 9.10. The van der Waals surface area contributed by atoms with Crippen molar-refractivity contribution in [3.63, 3.8) is 0 Å². The molecule has 1 aromatic carbocycles. The van der Waals surface area contributed by atoms with Gasteiger partial charge in [0.2, 0.25) is 5.91 Å². The summed E-state index contributed by atoms with van der Waals surface area (Å²) in [6.45, 7) is 2.49. The molecular formula is C12H18BrClN2O2. The van der Waals surface area contributed by atoms with Crippen LogP contribution in [0.25, 0.3) is 0 Å². The number of aryl methyl sites for hydroxylation is 1. The van der Waals surface area contributed by atoms with Crippen molar-refractivity contribution in [1.82, 2.24) is 0 Å². The largest absolute Gasteiger partial charge is 0.397 e. The molecule has 0 radical (unpaired) electrons. The van der Waals surface area contributed by atoms with Crippen LogP contribution in [0.2, 0.25) is 0 Å². The third kappa shape index (κ3) is 5.25. The first-order chi connectivity index (χ1) is 8.04. The Morgan fingerprint density at radius 2 is 2.17 bits per heavy atom. The molecule has 0 saturated heterocycles. The fourth-order valence-electron chi connectivity index (χ4n) is 1.45. The molecule has 0 unspecified atom stereocenters. The van der Waals surface area contributed by atoms with Crippen molar-refractivity contribution in [2.24, 2.45) is 0 Å². The van der Waals surface area contributed by atoms with E-state index in [0.717, 1.165) is 10.0 Å². The highest BCUT2D eigenvalue weighted by Crippen LogP contribution is 2.27. The molecule has 4 nitrogen and oxygen atoms in total. The van der Waals surface area contributed by atoms with Gasteiger partial charge in [-0.05, 0) is 31.0 Å². The average molecular weight is 338 g/mol. The third-order valence-electron chi connectivity index (χ3n) is 2.38. The Kier molecular flexibility index (Phi) is 7.98. The van der Waals surface area contributed by atoms with Gasteiger partial charge >= 0.3 is 0 Å². The zero-order valence-corrected chi connectivity index (χ0v) is 12.9. The molecule has 1 aromatic rings. The molecule has 0 atom stereocenters. The monoisotopic (exact) mass is 336 g/mol. The van der Waals surface area contributed by atoms with Crippen LogP contribution in [-0.4, -0.2) is 19.6 Å². The van der Waals surface area contributed by atoms with Gasteiger partial charge in [0.1, 0.15) is 0 Å². The maximum absolute atomic E-state index is 11.6. The van der Waals surface area contributed by atoms with E-state index in [2.05, 4.69) is 21.2 Å². The van der Waals surface area contributed by atoms with E-state index in [-0.39, 0.29) is 18.3 Å². The van der Waals surface area contributed by atoms with Crippen LogP contribution in [0.15, 0.2) is 16.6 Å². The molecule has 0 spiro atoms. The van der Waals surface area contributed by atoms with Crippen LogP contribution >= 0.6 is 28.3 Å². The van der Waals surface area contributed by atoms with Gasteiger partial charge < -0.3 is 15.8 Å². The van der Waals surface area contributed by atoms with Crippen molar-refractivity contribution < 1.29 is 9.53 Å². The van der Waals surface area contributed by atoms with Gasteiger partial charge in [0.15, 0.2) is 0 Å². The lowest BCUT2D eigenvalue weighted by Gasteiger charge is -2.11. The van der Waals surface area contributed by atoms with Crippen molar-refractivity contribution in [2.75, 3.05) is 24.8 Å². The minimum absolute atomic E-state index is 0. The summed E-state index contributed by atoms with van der Waals surface area (Å²) in [5.41, 5.74) is 8.09. The quantitative estimate of drug-likeness (QED) is 0.641. The van der Waals surface area contributed by atoms with E-state index >= 15 is 0 Å². The second-order valence-electron chi connectivity index (χ2n) is 3.83. The third-order valence-corrected chi connectivity index (χ3v) is 2.84. The second kappa shape index (κ2) is 8.34. The Labute approximate surface area is 122 Å². The fraction of sp³-hybridized carbons (Fsp3) is 0.417. The van der Waals surface area contributed by atoms with Crippen molar-refractivity contribution in [2.45, 2.75) is 19.8 Å². The average Bonchev–Trinajstić information content (AvgIpc) is 2.25. The molecule has 0 saturated carbocycles. The molecule has 6 heteroatoms. The summed E-state index contributed by atoms with van der Waals surface area (Å²) in [5, 5.41) is 2.80. The van der Waals surface area contributed by atoms with Crippen molar-refractivity contribution in [3.05, 3.63) is 22.2 Å². The molecular weight excluding hydrogens is 320 g/mol. The van der Waals surface area contributed by atoms with Crippen LogP contribution < -0.4 is 11.1 Å². The number of nitrogens with one attached hydrogen (secondary N) is 1. The number of benzene rings is 1. The second-order valence-corrected chi connectivity index (χ2v) is 4.74. The number of methoxy groups -OCH3 is 1. The molecule has 0 heterocycles. The van der Waals surface area contributed by atoms with E-state index in [1.165, 1.54) is 0 Å². The highest BCUT2D eigenvalue weighted by atomic mass is 79.9. The summed E-state index contributed by atoms with van der Waals surface area (Å²) in [6.07, 6.45) is 1.13. The number of hydrogen-bond donors (Lipinski definition) is 2. The number of amides is 1. The summed E-state index contributed by atoms with van der Waals surface area (Å²) in [6, 6.07) is 3.71. The van der Waals surface area contributed by atoms with Crippen LogP contribution in [0.4, 0.5) is 11.4 Å². The van der Waals surface area contributed by atoms with Gasteiger partial charge in [-0.25, -0.2) is 0 Å². The van der Waals surface area contributed by atoms with E-state index in [0.29, 0.717) is 30.8 Å². The number of nitrogens with two attached hydrogens (primary N) is 1. The normalized spacial score (nSPS) is 9.72. The summed E-state index contributed by atoms with van der Waals surface area (Å²) >= 11 is 3.37. The lowest BCUT2D eigenvalue weighted by molar-refractivity contribution is -0.116. The topological polar surface area (TPSA) is 64.3 Å². The predicted octanol–water partition coefficient (Wildman–Crippen LogP) is 3.13. The lowest BCUT2D eigenvalue weighted by atomic mass is 10.1. The number of nitrogen functional groups attached to an aromatic ring is 1. The minimum Gasteiger partial charge on any atom is -0.397 e. The smallest absolute Gasteiger partial charge is 0.224 e. The molecule has 1 rings (SSSR count). The molecule has 1 amide bonds. The molecule has 0 aromatic heterocycles. The van der Waals surface area contributed by atoms with Crippen LogP contribution in [-0.2, 0) is 9.53 Å². The Hall–Kier alpha value is -0.780. The summed E-state index contributed by atoms with van der Waals surface area (Å²) in [5.74, 6) is -0.0498. The summed E-state index contributed by atoms with van der Waals surface area (Å²) in [4.78, 5) is 11.6. The Morgan fingerprint density at radius 3 is 2.78 bits per heavy atom. The number of anilines is 2. The number of carbonyl (C=O) groups excluding carboxylic acids is 1. The number of carbonyl (C=O) groups is 1. The van der Waals surface area contributed by atoms with E-state index in [1.54, 1.807) is 13.2 Å². The Morgan fingerprint density at radius 1 is 1.50 bits per heavy atom. The van der Waals surface area contributed by atoms with E-state index < -0.39 is 0 Å².